The molecule has 5 heteroatoms. The number of aryl methyl sites for hydroxylation is 1. The lowest BCUT2D eigenvalue weighted by Gasteiger charge is -2.19. The molecule has 0 unspecified atom stereocenters. The quantitative estimate of drug-likeness (QED) is 0.831. The van der Waals surface area contributed by atoms with E-state index in [9.17, 15) is 4.79 Å². The molecule has 5 nitrogen and oxygen atoms in total. The summed E-state index contributed by atoms with van der Waals surface area (Å²) in [6, 6.07) is 8.00. The second-order valence-corrected chi connectivity index (χ2v) is 6.24. The van der Waals surface area contributed by atoms with Crippen molar-refractivity contribution in [1.29, 1.82) is 0 Å². The van der Waals surface area contributed by atoms with E-state index in [-0.39, 0.29) is 6.09 Å². The van der Waals surface area contributed by atoms with Gasteiger partial charge in [-0.25, -0.2) is 4.79 Å². The number of benzene rings is 1. The number of para-hydroxylation sites is 1. The Balaban J connectivity index is 1.77. The zero-order valence-electron chi connectivity index (χ0n) is 13.7. The maximum Gasteiger partial charge on any atom is 0.407 e. The molecular weight excluding hydrogens is 280 g/mol. The molecule has 0 spiro atoms. The minimum absolute atomic E-state index is 0.390. The van der Waals surface area contributed by atoms with Crippen molar-refractivity contribution in [2.24, 2.45) is 0 Å². The van der Waals surface area contributed by atoms with E-state index in [0.717, 1.165) is 22.3 Å². The van der Waals surface area contributed by atoms with Crippen LogP contribution in [0.15, 0.2) is 28.7 Å². The average Bonchev–Trinajstić information content (AvgIpc) is 2.72. The number of carbonyl (C=O) groups is 1. The Hall–Kier alpha value is -2.01. The molecule has 2 N–H and O–H groups in total. The Morgan fingerprint density at radius 3 is 2.68 bits per heavy atom. The molecule has 22 heavy (non-hydrogen) atoms. The number of hydrogen-bond donors (Lipinski definition) is 2. The zero-order chi connectivity index (χ0) is 16.2. The van der Waals surface area contributed by atoms with Crippen LogP contribution in [0.5, 0.6) is 0 Å². The number of rotatable bonds is 5. The first-order valence-electron chi connectivity index (χ1n) is 7.51. The summed E-state index contributed by atoms with van der Waals surface area (Å²) in [5, 5.41) is 7.16. The Morgan fingerprint density at radius 1 is 1.23 bits per heavy atom. The first-order chi connectivity index (χ1) is 10.4. The molecule has 0 saturated carbocycles. The van der Waals surface area contributed by atoms with Crippen LogP contribution in [0.25, 0.3) is 11.0 Å². The molecular formula is C17H24N2O3. The highest BCUT2D eigenvalue weighted by Gasteiger charge is 2.15. The van der Waals surface area contributed by atoms with Gasteiger partial charge in [-0.15, -0.1) is 0 Å². The van der Waals surface area contributed by atoms with E-state index in [1.165, 1.54) is 0 Å². The fourth-order valence-electron chi connectivity index (χ4n) is 2.22. The van der Waals surface area contributed by atoms with Crippen LogP contribution in [-0.2, 0) is 11.3 Å². The van der Waals surface area contributed by atoms with Gasteiger partial charge in [0.1, 0.15) is 16.9 Å². The standard InChI is InChI=1S/C17H24N2O3/c1-12-14(13-7-5-6-8-15(13)21-12)11-18-9-10-19-16(20)22-17(2,3)4/h5-8,18H,9-11H2,1-4H3,(H,19,20). The summed E-state index contributed by atoms with van der Waals surface area (Å²) in [5.74, 6) is 0.925. The van der Waals surface area contributed by atoms with Crippen LogP contribution < -0.4 is 10.6 Å². The third kappa shape index (κ3) is 4.49. The molecule has 0 aliphatic rings. The van der Waals surface area contributed by atoms with Crippen LogP contribution >= 0.6 is 0 Å². The van der Waals surface area contributed by atoms with Crippen molar-refractivity contribution in [3.63, 3.8) is 0 Å². The number of ether oxygens (including phenoxy) is 1. The highest BCUT2D eigenvalue weighted by molar-refractivity contribution is 5.82. The molecule has 0 atom stereocenters. The van der Waals surface area contributed by atoms with Gasteiger partial charge in [-0.05, 0) is 33.8 Å². The van der Waals surface area contributed by atoms with Crippen LogP contribution in [0, 0.1) is 6.92 Å². The van der Waals surface area contributed by atoms with E-state index in [1.807, 2.05) is 45.9 Å². The zero-order valence-corrected chi connectivity index (χ0v) is 13.7. The van der Waals surface area contributed by atoms with Gasteiger partial charge in [-0.1, -0.05) is 18.2 Å². The average molecular weight is 304 g/mol. The number of furan rings is 1. The topological polar surface area (TPSA) is 63.5 Å². The van der Waals surface area contributed by atoms with Gasteiger partial charge >= 0.3 is 6.09 Å². The molecule has 0 fully saturated rings. The van der Waals surface area contributed by atoms with Crippen molar-refractivity contribution in [3.05, 3.63) is 35.6 Å². The first kappa shape index (κ1) is 16.4. The summed E-state index contributed by atoms with van der Waals surface area (Å²) in [6.45, 7) is 9.39. The molecule has 120 valence electrons. The molecule has 0 saturated heterocycles. The smallest absolute Gasteiger partial charge is 0.407 e. The summed E-state index contributed by atoms with van der Waals surface area (Å²) in [4.78, 5) is 11.5. The molecule has 1 amide bonds. The third-order valence-electron chi connectivity index (χ3n) is 3.17. The van der Waals surface area contributed by atoms with E-state index in [2.05, 4.69) is 16.7 Å². The second kappa shape index (κ2) is 6.83. The normalized spacial score (nSPS) is 11.6. The van der Waals surface area contributed by atoms with Gasteiger partial charge in [0.25, 0.3) is 0 Å². The number of fused-ring (bicyclic) bond motifs is 1. The number of amides is 1. The van der Waals surface area contributed by atoms with Crippen molar-refractivity contribution in [2.45, 2.75) is 39.8 Å². The number of carbonyl (C=O) groups excluding carboxylic acids is 1. The fourth-order valence-corrected chi connectivity index (χ4v) is 2.22. The molecule has 0 aliphatic heterocycles. The molecule has 0 bridgehead atoms. The monoisotopic (exact) mass is 304 g/mol. The lowest BCUT2D eigenvalue weighted by atomic mass is 10.1. The van der Waals surface area contributed by atoms with E-state index >= 15 is 0 Å². The van der Waals surface area contributed by atoms with Crippen LogP contribution in [-0.4, -0.2) is 24.8 Å². The lowest BCUT2D eigenvalue weighted by Crippen LogP contribution is -2.36. The molecule has 1 heterocycles. The van der Waals surface area contributed by atoms with E-state index in [1.54, 1.807) is 0 Å². The maximum absolute atomic E-state index is 11.5. The van der Waals surface area contributed by atoms with Crippen LogP contribution in [0.4, 0.5) is 4.79 Å². The summed E-state index contributed by atoms with van der Waals surface area (Å²) in [5.41, 5.74) is 1.60. The second-order valence-electron chi connectivity index (χ2n) is 6.24. The van der Waals surface area contributed by atoms with Gasteiger partial charge in [-0.3, -0.25) is 0 Å². The van der Waals surface area contributed by atoms with E-state index in [0.29, 0.717) is 19.6 Å². The lowest BCUT2D eigenvalue weighted by molar-refractivity contribution is 0.0528. The minimum atomic E-state index is -0.468. The summed E-state index contributed by atoms with van der Waals surface area (Å²) in [7, 11) is 0. The van der Waals surface area contributed by atoms with E-state index < -0.39 is 5.60 Å². The highest BCUT2D eigenvalue weighted by Crippen LogP contribution is 2.24. The predicted octanol–water partition coefficient (Wildman–Crippen LogP) is 3.36. The van der Waals surface area contributed by atoms with Gasteiger partial charge < -0.3 is 19.8 Å². The summed E-state index contributed by atoms with van der Waals surface area (Å²) in [6.07, 6.45) is -0.390. The SMILES string of the molecule is Cc1oc2ccccc2c1CNCCNC(=O)OC(C)(C)C. The molecule has 0 radical (unpaired) electrons. The molecule has 2 rings (SSSR count). The van der Waals surface area contributed by atoms with E-state index in [4.69, 9.17) is 9.15 Å². The van der Waals surface area contributed by atoms with Crippen molar-refractivity contribution < 1.29 is 13.9 Å². The Labute approximate surface area is 131 Å². The van der Waals surface area contributed by atoms with Gasteiger partial charge in [0.15, 0.2) is 0 Å². The number of alkyl carbamates (subject to hydrolysis) is 1. The number of hydrogen-bond acceptors (Lipinski definition) is 4. The van der Waals surface area contributed by atoms with Gasteiger partial charge in [0.2, 0.25) is 0 Å². The van der Waals surface area contributed by atoms with Crippen molar-refractivity contribution in [2.75, 3.05) is 13.1 Å². The predicted molar refractivity (Wildman–Crippen MR) is 86.9 cm³/mol. The van der Waals surface area contributed by atoms with Crippen LogP contribution in [0.3, 0.4) is 0 Å². The molecule has 2 aromatic rings. The van der Waals surface area contributed by atoms with Crippen molar-refractivity contribution >= 4 is 17.1 Å². The minimum Gasteiger partial charge on any atom is -0.461 e. The summed E-state index contributed by atoms with van der Waals surface area (Å²) < 4.78 is 10.9. The largest absolute Gasteiger partial charge is 0.461 e. The number of nitrogens with one attached hydrogen (secondary N) is 2. The Morgan fingerprint density at radius 2 is 1.95 bits per heavy atom. The van der Waals surface area contributed by atoms with Crippen molar-refractivity contribution in [1.82, 2.24) is 10.6 Å². The van der Waals surface area contributed by atoms with Gasteiger partial charge in [-0.2, -0.15) is 0 Å². The third-order valence-corrected chi connectivity index (χ3v) is 3.17. The van der Waals surface area contributed by atoms with Gasteiger partial charge in [0.05, 0.1) is 0 Å². The molecule has 1 aromatic heterocycles. The Kier molecular flexibility index (Phi) is 5.08. The molecule has 0 aliphatic carbocycles. The van der Waals surface area contributed by atoms with Crippen molar-refractivity contribution in [3.8, 4) is 0 Å². The molecule has 1 aromatic carbocycles. The summed E-state index contributed by atoms with van der Waals surface area (Å²) >= 11 is 0. The van der Waals surface area contributed by atoms with Crippen LogP contribution in [0.1, 0.15) is 32.1 Å². The first-order valence-corrected chi connectivity index (χ1v) is 7.51. The fraction of sp³-hybridized carbons (Fsp3) is 0.471. The maximum atomic E-state index is 11.5. The van der Waals surface area contributed by atoms with Crippen LogP contribution in [0.2, 0.25) is 0 Å². The Bertz CT molecular complexity index is 641. The van der Waals surface area contributed by atoms with Gasteiger partial charge in [0, 0.05) is 30.6 Å². The highest BCUT2D eigenvalue weighted by atomic mass is 16.6.